The zero-order valence-corrected chi connectivity index (χ0v) is 13.0. The SMILES string of the molecule is COC(=O)[C@H]1[C@H](C(C)C)OC(=O)N1Cc1ccccc1Cl. The van der Waals surface area contributed by atoms with Gasteiger partial charge in [-0.1, -0.05) is 43.6 Å². The third-order valence-corrected chi connectivity index (χ3v) is 3.89. The molecular formula is C15H18ClNO4. The predicted molar refractivity (Wildman–Crippen MR) is 77.9 cm³/mol. The van der Waals surface area contributed by atoms with Gasteiger partial charge in [0.1, 0.15) is 6.10 Å². The number of hydrogen-bond acceptors (Lipinski definition) is 4. The number of cyclic esters (lactones) is 1. The van der Waals surface area contributed by atoms with Gasteiger partial charge < -0.3 is 9.47 Å². The fourth-order valence-corrected chi connectivity index (χ4v) is 2.59. The van der Waals surface area contributed by atoms with Crippen LogP contribution in [0.2, 0.25) is 5.02 Å². The Kier molecular flexibility index (Phi) is 4.73. The van der Waals surface area contributed by atoms with E-state index < -0.39 is 24.2 Å². The lowest BCUT2D eigenvalue weighted by Gasteiger charge is -2.24. The van der Waals surface area contributed by atoms with Crippen molar-refractivity contribution in [3.05, 3.63) is 34.9 Å². The van der Waals surface area contributed by atoms with Crippen molar-refractivity contribution in [2.45, 2.75) is 32.5 Å². The topological polar surface area (TPSA) is 55.8 Å². The molecule has 0 aromatic heterocycles. The Morgan fingerprint density at radius 2 is 2.10 bits per heavy atom. The number of carbonyl (C=O) groups excluding carboxylic acids is 2. The quantitative estimate of drug-likeness (QED) is 0.802. The van der Waals surface area contributed by atoms with Gasteiger partial charge in [0.25, 0.3) is 0 Å². The van der Waals surface area contributed by atoms with E-state index in [1.165, 1.54) is 12.0 Å². The first-order valence-corrected chi connectivity index (χ1v) is 7.12. The fraction of sp³-hybridized carbons (Fsp3) is 0.467. The summed E-state index contributed by atoms with van der Waals surface area (Å²) in [5, 5.41) is 0.543. The maximum absolute atomic E-state index is 12.1. The molecule has 1 aliphatic rings. The number of amides is 1. The first-order valence-electron chi connectivity index (χ1n) is 6.74. The van der Waals surface area contributed by atoms with Crippen LogP contribution in [0.15, 0.2) is 24.3 Å². The van der Waals surface area contributed by atoms with Crippen LogP contribution < -0.4 is 0 Å². The second-order valence-electron chi connectivity index (χ2n) is 5.28. The van der Waals surface area contributed by atoms with Gasteiger partial charge in [-0.3, -0.25) is 4.90 Å². The monoisotopic (exact) mass is 311 g/mol. The summed E-state index contributed by atoms with van der Waals surface area (Å²) in [6, 6.07) is 6.44. The van der Waals surface area contributed by atoms with Crippen molar-refractivity contribution in [1.29, 1.82) is 0 Å². The Hall–Kier alpha value is -1.75. The van der Waals surface area contributed by atoms with Crippen LogP contribution in [0.5, 0.6) is 0 Å². The highest BCUT2D eigenvalue weighted by Crippen LogP contribution is 2.29. The maximum atomic E-state index is 12.1. The Balaban J connectivity index is 2.29. The summed E-state index contributed by atoms with van der Waals surface area (Å²) in [6.45, 7) is 4.00. The van der Waals surface area contributed by atoms with Crippen LogP contribution in [0.1, 0.15) is 19.4 Å². The number of nitrogens with zero attached hydrogens (tertiary/aromatic N) is 1. The van der Waals surface area contributed by atoms with Crippen molar-refractivity contribution in [3.63, 3.8) is 0 Å². The molecule has 0 saturated carbocycles. The summed E-state index contributed by atoms with van der Waals surface area (Å²) >= 11 is 6.12. The van der Waals surface area contributed by atoms with Crippen molar-refractivity contribution < 1.29 is 19.1 Å². The molecule has 1 aliphatic heterocycles. The molecule has 0 aliphatic carbocycles. The van der Waals surface area contributed by atoms with E-state index in [1.54, 1.807) is 6.07 Å². The van der Waals surface area contributed by atoms with Gasteiger partial charge >= 0.3 is 12.1 Å². The summed E-state index contributed by atoms with van der Waals surface area (Å²) in [7, 11) is 1.30. The fourth-order valence-electron chi connectivity index (χ4n) is 2.40. The van der Waals surface area contributed by atoms with Crippen molar-refractivity contribution >= 4 is 23.7 Å². The lowest BCUT2D eigenvalue weighted by Crippen LogP contribution is -2.44. The molecule has 6 heteroatoms. The van der Waals surface area contributed by atoms with Crippen molar-refractivity contribution in [2.75, 3.05) is 7.11 Å². The highest BCUT2D eigenvalue weighted by molar-refractivity contribution is 6.31. The Bertz CT molecular complexity index is 546. The normalized spacial score (nSPS) is 21.6. The average Bonchev–Trinajstić information content (AvgIpc) is 2.78. The van der Waals surface area contributed by atoms with Gasteiger partial charge in [-0.25, -0.2) is 9.59 Å². The van der Waals surface area contributed by atoms with E-state index in [0.29, 0.717) is 5.02 Å². The first kappa shape index (κ1) is 15.6. The van der Waals surface area contributed by atoms with Crippen LogP contribution in [0, 0.1) is 5.92 Å². The molecule has 114 valence electrons. The number of esters is 1. The van der Waals surface area contributed by atoms with Crippen molar-refractivity contribution in [3.8, 4) is 0 Å². The number of hydrogen-bond donors (Lipinski definition) is 0. The standard InChI is InChI=1S/C15H18ClNO4/c1-9(2)13-12(14(18)20-3)17(15(19)21-13)8-10-6-4-5-7-11(10)16/h4-7,9,12-13H,8H2,1-3H3/t12-,13+/m1/s1. The van der Waals surface area contributed by atoms with Gasteiger partial charge in [0, 0.05) is 5.02 Å². The molecule has 1 aromatic carbocycles. The lowest BCUT2D eigenvalue weighted by molar-refractivity contribution is -0.147. The summed E-state index contributed by atoms with van der Waals surface area (Å²) < 4.78 is 10.1. The Morgan fingerprint density at radius 1 is 1.43 bits per heavy atom. The van der Waals surface area contributed by atoms with Crippen molar-refractivity contribution in [1.82, 2.24) is 4.90 Å². The second kappa shape index (κ2) is 6.35. The summed E-state index contributed by atoms with van der Waals surface area (Å²) in [4.78, 5) is 25.5. The third-order valence-electron chi connectivity index (χ3n) is 3.52. The largest absolute Gasteiger partial charge is 0.467 e. The van der Waals surface area contributed by atoms with Crippen LogP contribution >= 0.6 is 11.6 Å². The molecule has 2 atom stereocenters. The van der Waals surface area contributed by atoms with E-state index in [0.717, 1.165) is 5.56 Å². The van der Waals surface area contributed by atoms with E-state index in [9.17, 15) is 9.59 Å². The number of benzene rings is 1. The van der Waals surface area contributed by atoms with Gasteiger partial charge in [-0.15, -0.1) is 0 Å². The Labute approximate surface area is 128 Å². The summed E-state index contributed by atoms with van der Waals surface area (Å²) in [5.41, 5.74) is 0.759. The first-order chi connectivity index (χ1) is 9.95. The number of halogens is 1. The van der Waals surface area contributed by atoms with E-state index >= 15 is 0 Å². The van der Waals surface area contributed by atoms with E-state index in [1.807, 2.05) is 32.0 Å². The minimum absolute atomic E-state index is 0.00861. The third kappa shape index (κ3) is 3.13. The maximum Gasteiger partial charge on any atom is 0.411 e. The molecule has 2 rings (SSSR count). The molecule has 0 radical (unpaired) electrons. The van der Waals surface area contributed by atoms with Gasteiger partial charge in [0.05, 0.1) is 13.7 Å². The zero-order valence-electron chi connectivity index (χ0n) is 12.2. The smallest absolute Gasteiger partial charge is 0.411 e. The van der Waals surface area contributed by atoms with Crippen LogP contribution in [0.4, 0.5) is 4.79 Å². The molecule has 1 aromatic rings. The van der Waals surface area contributed by atoms with Crippen LogP contribution in [-0.2, 0) is 20.8 Å². The minimum atomic E-state index is -0.751. The van der Waals surface area contributed by atoms with Gasteiger partial charge in [-0.05, 0) is 17.5 Å². The zero-order chi connectivity index (χ0) is 15.6. The number of rotatable bonds is 4. The van der Waals surface area contributed by atoms with Crippen LogP contribution in [0.25, 0.3) is 0 Å². The van der Waals surface area contributed by atoms with Crippen molar-refractivity contribution in [2.24, 2.45) is 5.92 Å². The molecule has 1 amide bonds. The lowest BCUT2D eigenvalue weighted by atomic mass is 9.99. The average molecular weight is 312 g/mol. The van der Waals surface area contributed by atoms with Gasteiger partial charge in [0.2, 0.25) is 0 Å². The van der Waals surface area contributed by atoms with E-state index in [2.05, 4.69) is 0 Å². The summed E-state index contributed by atoms with van der Waals surface area (Å²) in [5.74, 6) is -0.471. The molecule has 5 nitrogen and oxygen atoms in total. The van der Waals surface area contributed by atoms with E-state index in [-0.39, 0.29) is 12.5 Å². The van der Waals surface area contributed by atoms with E-state index in [4.69, 9.17) is 21.1 Å². The highest BCUT2D eigenvalue weighted by Gasteiger charge is 2.48. The van der Waals surface area contributed by atoms with Crippen LogP contribution in [-0.4, -0.2) is 36.2 Å². The predicted octanol–water partition coefficient (Wildman–Crippen LogP) is 2.86. The number of ether oxygens (including phenoxy) is 2. The van der Waals surface area contributed by atoms with Crippen LogP contribution in [0.3, 0.4) is 0 Å². The minimum Gasteiger partial charge on any atom is -0.467 e. The Morgan fingerprint density at radius 3 is 2.67 bits per heavy atom. The highest BCUT2D eigenvalue weighted by atomic mass is 35.5. The molecule has 1 fully saturated rings. The number of methoxy groups -OCH3 is 1. The molecule has 0 bridgehead atoms. The van der Waals surface area contributed by atoms with Gasteiger partial charge in [-0.2, -0.15) is 0 Å². The molecule has 0 unspecified atom stereocenters. The molecule has 0 spiro atoms. The second-order valence-corrected chi connectivity index (χ2v) is 5.69. The summed E-state index contributed by atoms with van der Waals surface area (Å²) in [6.07, 6.45) is -1.04. The number of carbonyl (C=O) groups is 2. The molecular weight excluding hydrogens is 294 g/mol. The molecule has 1 saturated heterocycles. The molecule has 21 heavy (non-hydrogen) atoms. The van der Waals surface area contributed by atoms with Gasteiger partial charge in [0.15, 0.2) is 6.04 Å². The molecule has 0 N–H and O–H groups in total. The molecule has 1 heterocycles.